The first-order valence-corrected chi connectivity index (χ1v) is 12.5. The molecule has 0 atom stereocenters. The molecule has 0 saturated carbocycles. The van der Waals surface area contributed by atoms with Gasteiger partial charge in [-0.2, -0.15) is 0 Å². The van der Waals surface area contributed by atoms with Crippen molar-refractivity contribution in [3.05, 3.63) is 76.3 Å². The number of ether oxygens (including phenoxy) is 2. The number of amides is 1. The summed E-state index contributed by atoms with van der Waals surface area (Å²) in [5, 5.41) is 5.09. The van der Waals surface area contributed by atoms with Crippen LogP contribution in [0.5, 0.6) is 17.2 Å². The number of rotatable bonds is 8. The minimum absolute atomic E-state index is 0.0264. The van der Waals surface area contributed by atoms with Crippen LogP contribution in [0.2, 0.25) is 5.02 Å². The molecule has 0 bridgehead atoms. The Kier molecular flexibility index (Phi) is 7.73. The number of halogens is 1. The van der Waals surface area contributed by atoms with Gasteiger partial charge in [-0.1, -0.05) is 43.6 Å². The molecule has 2 heterocycles. The summed E-state index contributed by atoms with van der Waals surface area (Å²) in [5.41, 5.74) is 2.13. The Bertz CT molecular complexity index is 1500. The molecule has 2 aromatic heterocycles. The molecule has 2 aromatic carbocycles. The SMILES string of the molecule is COc1cc2nccc(Oc3ccc(CC(=O)Cc4cc(C(C)(C)C)on4)c(Cl)c3)c2cc1C(=O)N(C)C. The highest BCUT2D eigenvalue weighted by Gasteiger charge is 2.21. The second-order valence-corrected chi connectivity index (χ2v) is 10.7. The number of Topliss-reactive ketones (excluding diaryl/α,β-unsaturated/α-hetero) is 1. The highest BCUT2D eigenvalue weighted by Crippen LogP contribution is 2.35. The Morgan fingerprint density at radius 3 is 2.42 bits per heavy atom. The number of hydrogen-bond acceptors (Lipinski definition) is 7. The summed E-state index contributed by atoms with van der Waals surface area (Å²) in [4.78, 5) is 31.3. The van der Waals surface area contributed by atoms with Crippen molar-refractivity contribution in [2.75, 3.05) is 21.2 Å². The fraction of sp³-hybridized carbons (Fsp3) is 0.310. The van der Waals surface area contributed by atoms with Gasteiger partial charge in [-0.15, -0.1) is 0 Å². The second kappa shape index (κ2) is 10.8. The van der Waals surface area contributed by atoms with E-state index in [-0.39, 0.29) is 29.9 Å². The first-order chi connectivity index (χ1) is 18.0. The zero-order chi connectivity index (χ0) is 27.6. The Labute approximate surface area is 226 Å². The molecule has 0 unspecified atom stereocenters. The van der Waals surface area contributed by atoms with Crippen LogP contribution < -0.4 is 9.47 Å². The summed E-state index contributed by atoms with van der Waals surface area (Å²) >= 11 is 6.52. The van der Waals surface area contributed by atoms with Gasteiger partial charge in [0.1, 0.15) is 28.8 Å². The lowest BCUT2D eigenvalue weighted by Gasteiger charge is -2.16. The third kappa shape index (κ3) is 5.97. The molecule has 9 heteroatoms. The van der Waals surface area contributed by atoms with Crippen LogP contribution >= 0.6 is 11.6 Å². The third-order valence-corrected chi connectivity index (χ3v) is 6.33. The summed E-state index contributed by atoms with van der Waals surface area (Å²) in [6, 6.07) is 12.1. The van der Waals surface area contributed by atoms with Gasteiger partial charge >= 0.3 is 0 Å². The van der Waals surface area contributed by atoms with Gasteiger partial charge in [0, 0.05) is 54.7 Å². The minimum Gasteiger partial charge on any atom is -0.496 e. The monoisotopic (exact) mass is 535 g/mol. The Morgan fingerprint density at radius 1 is 1.03 bits per heavy atom. The Balaban J connectivity index is 1.53. The van der Waals surface area contributed by atoms with Crippen molar-refractivity contribution >= 4 is 34.2 Å². The van der Waals surface area contributed by atoms with Gasteiger partial charge in [0.2, 0.25) is 0 Å². The molecule has 0 saturated heterocycles. The summed E-state index contributed by atoms with van der Waals surface area (Å²) in [6.07, 6.45) is 1.94. The number of nitrogens with zero attached hydrogens (tertiary/aromatic N) is 3. The molecule has 0 N–H and O–H groups in total. The largest absolute Gasteiger partial charge is 0.496 e. The van der Waals surface area contributed by atoms with Crippen molar-refractivity contribution < 1.29 is 23.6 Å². The molecule has 198 valence electrons. The number of carbonyl (C=O) groups is 2. The number of carbonyl (C=O) groups excluding carboxylic acids is 2. The maximum atomic E-state index is 12.7. The minimum atomic E-state index is -0.198. The van der Waals surface area contributed by atoms with Crippen LogP contribution in [0.25, 0.3) is 10.9 Å². The molecule has 8 nitrogen and oxygen atoms in total. The van der Waals surface area contributed by atoms with E-state index in [1.165, 1.54) is 12.0 Å². The molecule has 0 aliphatic heterocycles. The molecule has 0 fully saturated rings. The second-order valence-electron chi connectivity index (χ2n) is 10.3. The number of methoxy groups -OCH3 is 1. The quantitative estimate of drug-likeness (QED) is 0.272. The summed E-state index contributed by atoms with van der Waals surface area (Å²) in [7, 11) is 4.86. The predicted octanol–water partition coefficient (Wildman–Crippen LogP) is 6.03. The van der Waals surface area contributed by atoms with Gasteiger partial charge in [-0.25, -0.2) is 0 Å². The number of ketones is 1. The molecular weight excluding hydrogens is 506 g/mol. The molecule has 4 aromatic rings. The standard InChI is InChI=1S/C29H30ClN3O5/c1-29(2,3)27-13-18(32-38-27)12-19(34)11-17-7-8-20(14-23(17)30)37-25-9-10-31-24-16-26(36-6)22(15-21(24)25)28(35)33(4)5/h7-10,13-16H,11-12H2,1-6H3. The highest BCUT2D eigenvalue weighted by atomic mass is 35.5. The summed E-state index contributed by atoms with van der Waals surface area (Å²) in [6.45, 7) is 6.07. The Morgan fingerprint density at radius 2 is 1.79 bits per heavy atom. The van der Waals surface area contributed by atoms with Crippen molar-refractivity contribution in [3.8, 4) is 17.2 Å². The zero-order valence-electron chi connectivity index (χ0n) is 22.3. The third-order valence-electron chi connectivity index (χ3n) is 5.98. The summed E-state index contributed by atoms with van der Waals surface area (Å²) in [5.74, 6) is 1.93. The number of pyridine rings is 1. The van der Waals surface area contributed by atoms with Crippen LogP contribution in [0.4, 0.5) is 0 Å². The van der Waals surface area contributed by atoms with Crippen molar-refractivity contribution in [2.24, 2.45) is 0 Å². The van der Waals surface area contributed by atoms with Crippen molar-refractivity contribution in [2.45, 2.75) is 39.0 Å². The maximum absolute atomic E-state index is 12.7. The topological polar surface area (TPSA) is 94.8 Å². The number of fused-ring (bicyclic) bond motifs is 1. The van der Waals surface area contributed by atoms with E-state index in [4.69, 9.17) is 25.6 Å². The zero-order valence-corrected chi connectivity index (χ0v) is 23.0. The van der Waals surface area contributed by atoms with E-state index in [1.807, 2.05) is 26.8 Å². The molecule has 0 spiro atoms. The first-order valence-electron chi connectivity index (χ1n) is 12.1. The Hall–Kier alpha value is -3.91. The van der Waals surface area contributed by atoms with Crippen molar-refractivity contribution in [1.82, 2.24) is 15.0 Å². The molecule has 0 radical (unpaired) electrons. The van der Waals surface area contributed by atoms with Gasteiger partial charge in [-0.05, 0) is 29.8 Å². The number of benzene rings is 2. The van der Waals surface area contributed by atoms with E-state index in [2.05, 4.69) is 10.1 Å². The van der Waals surface area contributed by atoms with Crippen LogP contribution in [0, 0.1) is 0 Å². The van der Waals surface area contributed by atoms with E-state index in [9.17, 15) is 9.59 Å². The van der Waals surface area contributed by atoms with Crippen LogP contribution in [-0.2, 0) is 23.1 Å². The molecule has 38 heavy (non-hydrogen) atoms. The average Bonchev–Trinajstić information content (AvgIpc) is 3.33. The van der Waals surface area contributed by atoms with Crippen LogP contribution in [0.15, 0.2) is 53.2 Å². The molecule has 0 aliphatic carbocycles. The van der Waals surface area contributed by atoms with E-state index in [0.29, 0.717) is 50.0 Å². The lowest BCUT2D eigenvalue weighted by atomic mass is 9.93. The first kappa shape index (κ1) is 27.1. The van der Waals surface area contributed by atoms with E-state index >= 15 is 0 Å². The van der Waals surface area contributed by atoms with Gasteiger partial charge in [-0.3, -0.25) is 14.6 Å². The van der Waals surface area contributed by atoms with E-state index in [1.54, 1.807) is 56.7 Å². The molecule has 0 aliphatic rings. The normalized spacial score (nSPS) is 11.4. The molecule has 4 rings (SSSR count). The van der Waals surface area contributed by atoms with Crippen molar-refractivity contribution in [1.29, 1.82) is 0 Å². The lowest BCUT2D eigenvalue weighted by molar-refractivity contribution is -0.117. The molecule has 1 amide bonds. The maximum Gasteiger partial charge on any atom is 0.257 e. The smallest absolute Gasteiger partial charge is 0.257 e. The van der Waals surface area contributed by atoms with Crippen LogP contribution in [-0.4, -0.2) is 47.9 Å². The van der Waals surface area contributed by atoms with E-state index < -0.39 is 0 Å². The van der Waals surface area contributed by atoms with Gasteiger partial charge in [0.25, 0.3) is 5.91 Å². The van der Waals surface area contributed by atoms with Crippen LogP contribution in [0.3, 0.4) is 0 Å². The molecular formula is C29H30ClN3O5. The fourth-order valence-corrected chi connectivity index (χ4v) is 4.14. The van der Waals surface area contributed by atoms with E-state index in [0.717, 1.165) is 5.76 Å². The van der Waals surface area contributed by atoms with Crippen molar-refractivity contribution in [3.63, 3.8) is 0 Å². The lowest BCUT2D eigenvalue weighted by Crippen LogP contribution is -2.22. The van der Waals surface area contributed by atoms with Crippen LogP contribution in [0.1, 0.15) is 48.1 Å². The fourth-order valence-electron chi connectivity index (χ4n) is 3.90. The number of hydrogen-bond donors (Lipinski definition) is 0. The van der Waals surface area contributed by atoms with Gasteiger partial charge in [0.15, 0.2) is 0 Å². The summed E-state index contributed by atoms with van der Waals surface area (Å²) < 4.78 is 16.9. The predicted molar refractivity (Wildman–Crippen MR) is 145 cm³/mol. The van der Waals surface area contributed by atoms with Gasteiger partial charge in [0.05, 0.1) is 30.3 Å². The average molecular weight is 536 g/mol. The van der Waals surface area contributed by atoms with Gasteiger partial charge < -0.3 is 18.9 Å². The number of aromatic nitrogens is 2. The highest BCUT2D eigenvalue weighted by molar-refractivity contribution is 6.31.